The molecule has 1 N–H and O–H groups in total. The Balaban J connectivity index is 2.54. The number of rotatable bonds is 4. The van der Waals surface area contributed by atoms with Crippen molar-refractivity contribution in [2.24, 2.45) is 0 Å². The number of benzene rings is 2. The number of alkyl halides is 3. The van der Waals surface area contributed by atoms with Crippen LogP contribution in [0.5, 0.6) is 11.5 Å². The van der Waals surface area contributed by atoms with Crippen LogP contribution >= 0.6 is 27.5 Å². The van der Waals surface area contributed by atoms with Gasteiger partial charge in [0.15, 0.2) is 0 Å². The SMILES string of the molecule is O=S(=O)(c1ccc(Oc2cc(F)cc(Cl)c2)c(Br)c1CO)C(F)(F)F. The molecule has 0 unspecified atom stereocenters. The number of hydrogen-bond donors (Lipinski definition) is 1. The van der Waals surface area contributed by atoms with Crippen molar-refractivity contribution in [2.45, 2.75) is 17.0 Å². The van der Waals surface area contributed by atoms with Crippen molar-refractivity contribution in [3.05, 3.63) is 51.2 Å². The number of aliphatic hydroxyl groups is 1. The van der Waals surface area contributed by atoms with Crippen molar-refractivity contribution in [2.75, 3.05) is 0 Å². The maximum atomic E-state index is 13.3. The third-order valence-corrected chi connectivity index (χ3v) is 5.64. The molecule has 2 rings (SSSR count). The summed E-state index contributed by atoms with van der Waals surface area (Å²) in [7, 11) is -5.67. The number of aliphatic hydroxyl groups excluding tert-OH is 1. The van der Waals surface area contributed by atoms with Crippen LogP contribution in [-0.4, -0.2) is 19.0 Å². The molecule has 0 fully saturated rings. The maximum absolute atomic E-state index is 13.3. The van der Waals surface area contributed by atoms with Gasteiger partial charge in [0, 0.05) is 16.7 Å². The Kier molecular flexibility index (Phi) is 5.67. The summed E-state index contributed by atoms with van der Waals surface area (Å²) in [6.45, 7) is -1.01. The van der Waals surface area contributed by atoms with Gasteiger partial charge in [-0.3, -0.25) is 0 Å². The summed E-state index contributed by atoms with van der Waals surface area (Å²) in [5.41, 5.74) is -6.08. The van der Waals surface area contributed by atoms with Gasteiger partial charge in [-0.05, 0) is 40.2 Å². The predicted molar refractivity (Wildman–Crippen MR) is 84.8 cm³/mol. The van der Waals surface area contributed by atoms with E-state index in [1.165, 1.54) is 6.07 Å². The fourth-order valence-electron chi connectivity index (χ4n) is 1.90. The lowest BCUT2D eigenvalue weighted by molar-refractivity contribution is -0.0436. The Bertz CT molecular complexity index is 896. The largest absolute Gasteiger partial charge is 0.501 e. The third-order valence-electron chi connectivity index (χ3n) is 2.98. The minimum atomic E-state index is -5.67. The number of hydrogen-bond acceptors (Lipinski definition) is 4. The molecule has 25 heavy (non-hydrogen) atoms. The van der Waals surface area contributed by atoms with Crippen LogP contribution < -0.4 is 4.74 Å². The smallest absolute Gasteiger partial charge is 0.456 e. The summed E-state index contributed by atoms with van der Waals surface area (Å²) in [5, 5.41) is 9.33. The molecule has 0 aliphatic carbocycles. The predicted octanol–water partition coefficient (Wildman–Crippen LogP) is 4.82. The van der Waals surface area contributed by atoms with Crippen LogP contribution in [0, 0.1) is 5.82 Å². The van der Waals surface area contributed by atoms with E-state index < -0.39 is 38.2 Å². The zero-order chi connectivity index (χ0) is 19.0. The second-order valence-corrected chi connectivity index (χ2v) is 7.81. The molecule has 136 valence electrons. The van der Waals surface area contributed by atoms with Gasteiger partial charge in [-0.15, -0.1) is 0 Å². The minimum Gasteiger partial charge on any atom is -0.456 e. The Labute approximate surface area is 153 Å². The average molecular weight is 464 g/mol. The zero-order valence-electron chi connectivity index (χ0n) is 11.9. The standard InChI is InChI=1S/C14H8BrClF4O4S/c15-13-10(6-21)12(25(22,23)14(18,19)20)2-1-11(13)24-9-4-7(16)3-8(17)5-9/h1-5,21H,6H2. The molecular formula is C14H8BrClF4O4S. The van der Waals surface area contributed by atoms with Crippen molar-refractivity contribution < 1.29 is 35.8 Å². The summed E-state index contributed by atoms with van der Waals surface area (Å²) < 4.78 is 79.7. The number of ether oxygens (including phenoxy) is 1. The lowest BCUT2D eigenvalue weighted by atomic mass is 10.2. The van der Waals surface area contributed by atoms with Gasteiger partial charge < -0.3 is 9.84 Å². The van der Waals surface area contributed by atoms with E-state index in [4.69, 9.17) is 16.3 Å². The molecule has 0 spiro atoms. The molecule has 0 radical (unpaired) electrons. The van der Waals surface area contributed by atoms with Gasteiger partial charge in [-0.2, -0.15) is 13.2 Å². The fourth-order valence-corrected chi connectivity index (χ4v) is 3.78. The first kappa shape index (κ1) is 20.0. The summed E-state index contributed by atoms with van der Waals surface area (Å²) in [6.07, 6.45) is 0. The molecule has 2 aromatic carbocycles. The highest BCUT2D eigenvalue weighted by Gasteiger charge is 2.48. The summed E-state index contributed by atoms with van der Waals surface area (Å²) in [6, 6.07) is 4.82. The molecule has 4 nitrogen and oxygen atoms in total. The highest BCUT2D eigenvalue weighted by atomic mass is 79.9. The van der Waals surface area contributed by atoms with Crippen LogP contribution in [-0.2, 0) is 16.4 Å². The van der Waals surface area contributed by atoms with E-state index in [-0.39, 0.29) is 21.0 Å². The molecule has 0 aliphatic heterocycles. The van der Waals surface area contributed by atoms with Gasteiger partial charge in [0.1, 0.15) is 17.3 Å². The topological polar surface area (TPSA) is 63.6 Å². The molecule has 0 amide bonds. The first-order valence-corrected chi connectivity index (χ1v) is 9.00. The Morgan fingerprint density at radius 2 is 1.84 bits per heavy atom. The van der Waals surface area contributed by atoms with Crippen LogP contribution in [0.1, 0.15) is 5.56 Å². The Morgan fingerprint density at radius 3 is 2.36 bits per heavy atom. The lowest BCUT2D eigenvalue weighted by Gasteiger charge is -2.16. The molecule has 0 heterocycles. The van der Waals surface area contributed by atoms with Crippen LogP contribution in [0.15, 0.2) is 39.7 Å². The van der Waals surface area contributed by atoms with Crippen LogP contribution in [0.2, 0.25) is 5.02 Å². The zero-order valence-corrected chi connectivity index (χ0v) is 15.1. The van der Waals surface area contributed by atoms with E-state index >= 15 is 0 Å². The third kappa shape index (κ3) is 4.08. The van der Waals surface area contributed by atoms with Gasteiger partial charge >= 0.3 is 5.51 Å². The summed E-state index contributed by atoms with van der Waals surface area (Å²) in [5.74, 6) is -0.912. The van der Waals surface area contributed by atoms with E-state index in [0.717, 1.165) is 18.2 Å². The van der Waals surface area contributed by atoms with Gasteiger partial charge in [0.05, 0.1) is 16.0 Å². The van der Waals surface area contributed by atoms with E-state index in [0.29, 0.717) is 6.07 Å². The maximum Gasteiger partial charge on any atom is 0.501 e. The average Bonchev–Trinajstić information content (AvgIpc) is 2.46. The minimum absolute atomic E-state index is 0.0183. The molecule has 0 atom stereocenters. The van der Waals surface area contributed by atoms with Gasteiger partial charge in [-0.25, -0.2) is 12.8 Å². The summed E-state index contributed by atoms with van der Waals surface area (Å²) >= 11 is 8.58. The normalized spacial score (nSPS) is 12.3. The molecule has 0 aromatic heterocycles. The number of halogens is 6. The molecule has 0 aliphatic rings. The fraction of sp³-hybridized carbons (Fsp3) is 0.143. The molecule has 0 saturated carbocycles. The first-order valence-electron chi connectivity index (χ1n) is 6.35. The first-order chi connectivity index (χ1) is 11.5. The van der Waals surface area contributed by atoms with Gasteiger partial charge in [-0.1, -0.05) is 11.6 Å². The van der Waals surface area contributed by atoms with E-state index in [1.807, 2.05) is 0 Å². The van der Waals surface area contributed by atoms with E-state index in [1.54, 1.807) is 0 Å². The highest BCUT2D eigenvalue weighted by molar-refractivity contribution is 9.10. The molecule has 2 aromatic rings. The van der Waals surface area contributed by atoms with Gasteiger partial charge in [0.2, 0.25) is 0 Å². The van der Waals surface area contributed by atoms with Crippen LogP contribution in [0.4, 0.5) is 17.6 Å². The van der Waals surface area contributed by atoms with Crippen molar-refractivity contribution in [1.82, 2.24) is 0 Å². The quantitative estimate of drug-likeness (QED) is 0.661. The number of sulfone groups is 1. The molecular weight excluding hydrogens is 456 g/mol. The van der Waals surface area contributed by atoms with Crippen molar-refractivity contribution in [3.63, 3.8) is 0 Å². The van der Waals surface area contributed by atoms with E-state index in [2.05, 4.69) is 15.9 Å². The van der Waals surface area contributed by atoms with Crippen LogP contribution in [0.25, 0.3) is 0 Å². The molecule has 11 heteroatoms. The molecule has 0 saturated heterocycles. The second kappa shape index (κ2) is 7.10. The van der Waals surface area contributed by atoms with E-state index in [9.17, 15) is 31.1 Å². The second-order valence-electron chi connectivity index (χ2n) is 4.67. The lowest BCUT2D eigenvalue weighted by Crippen LogP contribution is -2.24. The molecule has 0 bridgehead atoms. The monoisotopic (exact) mass is 462 g/mol. The van der Waals surface area contributed by atoms with Gasteiger partial charge in [0.25, 0.3) is 9.84 Å². The summed E-state index contributed by atoms with van der Waals surface area (Å²) in [4.78, 5) is -1.11. The highest BCUT2D eigenvalue weighted by Crippen LogP contribution is 2.40. The van der Waals surface area contributed by atoms with Crippen molar-refractivity contribution >= 4 is 37.4 Å². The Hall–Kier alpha value is -1.36. The van der Waals surface area contributed by atoms with Crippen LogP contribution in [0.3, 0.4) is 0 Å². The Morgan fingerprint density at radius 1 is 1.20 bits per heavy atom. The van der Waals surface area contributed by atoms with Crippen molar-refractivity contribution in [3.8, 4) is 11.5 Å². The van der Waals surface area contributed by atoms with Crippen molar-refractivity contribution in [1.29, 1.82) is 0 Å².